The second-order valence-corrected chi connectivity index (χ2v) is 4.29. The average molecular weight is 223 g/mol. The molecular weight excluding hydrogens is 202 g/mol. The van der Waals surface area contributed by atoms with E-state index in [0.717, 1.165) is 12.1 Å². The summed E-state index contributed by atoms with van der Waals surface area (Å²) < 4.78 is 0. The van der Waals surface area contributed by atoms with Crippen LogP contribution in [0.3, 0.4) is 0 Å². The lowest BCUT2D eigenvalue weighted by atomic mass is 10.1. The molecule has 0 fully saturated rings. The van der Waals surface area contributed by atoms with E-state index in [0.29, 0.717) is 11.6 Å². The van der Waals surface area contributed by atoms with E-state index >= 15 is 0 Å². The maximum atomic E-state index is 9.78. The standard InChI is InChI=1S/C13H21NO2/c1-5-9(2)14(4)11-6-7-12(10(3)15)13(16)8-11/h6-10,15-16H,5H2,1-4H3. The van der Waals surface area contributed by atoms with Crippen molar-refractivity contribution in [3.05, 3.63) is 23.8 Å². The Bertz CT molecular complexity index is 350. The predicted octanol–water partition coefficient (Wildman–Crippen LogP) is 2.68. The molecule has 2 N–H and O–H groups in total. The Hall–Kier alpha value is -1.22. The van der Waals surface area contributed by atoms with Crippen LogP contribution in [0.5, 0.6) is 5.75 Å². The Labute approximate surface area is 97.3 Å². The fourth-order valence-electron chi connectivity index (χ4n) is 1.63. The van der Waals surface area contributed by atoms with Crippen molar-refractivity contribution in [2.24, 2.45) is 0 Å². The van der Waals surface area contributed by atoms with Crippen LogP contribution >= 0.6 is 0 Å². The lowest BCUT2D eigenvalue weighted by molar-refractivity contribution is 0.195. The summed E-state index contributed by atoms with van der Waals surface area (Å²) in [5.41, 5.74) is 1.54. The highest BCUT2D eigenvalue weighted by molar-refractivity contribution is 5.53. The Kier molecular flexibility index (Phi) is 4.19. The minimum absolute atomic E-state index is 0.155. The molecule has 1 aromatic carbocycles. The smallest absolute Gasteiger partial charge is 0.123 e. The third kappa shape index (κ3) is 2.67. The predicted molar refractivity (Wildman–Crippen MR) is 66.9 cm³/mol. The molecule has 0 bridgehead atoms. The SMILES string of the molecule is CCC(C)N(C)c1ccc(C(C)O)c(O)c1. The van der Waals surface area contributed by atoms with Gasteiger partial charge in [0, 0.05) is 30.4 Å². The molecule has 0 spiro atoms. The van der Waals surface area contributed by atoms with E-state index in [1.54, 1.807) is 19.1 Å². The topological polar surface area (TPSA) is 43.7 Å². The van der Waals surface area contributed by atoms with Gasteiger partial charge in [-0.25, -0.2) is 0 Å². The van der Waals surface area contributed by atoms with Crippen molar-refractivity contribution in [2.75, 3.05) is 11.9 Å². The van der Waals surface area contributed by atoms with Crippen molar-refractivity contribution < 1.29 is 10.2 Å². The van der Waals surface area contributed by atoms with E-state index in [1.165, 1.54) is 0 Å². The minimum atomic E-state index is -0.636. The zero-order valence-electron chi connectivity index (χ0n) is 10.4. The minimum Gasteiger partial charge on any atom is -0.507 e. The van der Waals surface area contributed by atoms with E-state index in [9.17, 15) is 10.2 Å². The zero-order chi connectivity index (χ0) is 12.3. The lowest BCUT2D eigenvalue weighted by Gasteiger charge is -2.26. The monoisotopic (exact) mass is 223 g/mol. The van der Waals surface area contributed by atoms with Crippen molar-refractivity contribution in [3.8, 4) is 5.75 Å². The highest BCUT2D eigenvalue weighted by atomic mass is 16.3. The summed E-state index contributed by atoms with van der Waals surface area (Å²) in [5, 5.41) is 19.2. The summed E-state index contributed by atoms with van der Waals surface area (Å²) >= 11 is 0. The van der Waals surface area contributed by atoms with Crippen LogP contribution in [0.4, 0.5) is 5.69 Å². The Morgan fingerprint density at radius 3 is 2.38 bits per heavy atom. The van der Waals surface area contributed by atoms with Crippen LogP contribution < -0.4 is 4.90 Å². The third-order valence-corrected chi connectivity index (χ3v) is 3.12. The Morgan fingerprint density at radius 1 is 1.31 bits per heavy atom. The molecule has 2 atom stereocenters. The first-order valence-electron chi connectivity index (χ1n) is 5.71. The number of phenolic OH excluding ortho intramolecular Hbond substituents is 1. The number of rotatable bonds is 4. The second kappa shape index (κ2) is 5.21. The molecule has 16 heavy (non-hydrogen) atoms. The van der Waals surface area contributed by atoms with Crippen LogP contribution in [0.25, 0.3) is 0 Å². The van der Waals surface area contributed by atoms with Gasteiger partial charge in [0.25, 0.3) is 0 Å². The summed E-state index contributed by atoms with van der Waals surface area (Å²) in [6.07, 6.45) is 0.415. The van der Waals surface area contributed by atoms with Gasteiger partial charge in [-0.05, 0) is 26.3 Å². The van der Waals surface area contributed by atoms with Crippen molar-refractivity contribution in [1.82, 2.24) is 0 Å². The number of aliphatic hydroxyl groups is 1. The molecular formula is C13H21NO2. The molecule has 0 aliphatic heterocycles. The molecule has 3 nitrogen and oxygen atoms in total. The molecule has 0 saturated heterocycles. The number of anilines is 1. The van der Waals surface area contributed by atoms with Gasteiger partial charge in [0.1, 0.15) is 5.75 Å². The van der Waals surface area contributed by atoms with Crippen LogP contribution in [0.1, 0.15) is 38.9 Å². The summed E-state index contributed by atoms with van der Waals surface area (Å²) in [4.78, 5) is 2.12. The fraction of sp³-hybridized carbons (Fsp3) is 0.538. The molecule has 0 heterocycles. The molecule has 3 heteroatoms. The number of aromatic hydroxyl groups is 1. The Balaban J connectivity index is 2.97. The van der Waals surface area contributed by atoms with E-state index < -0.39 is 6.10 Å². The number of benzene rings is 1. The van der Waals surface area contributed by atoms with E-state index in [4.69, 9.17) is 0 Å². The van der Waals surface area contributed by atoms with Gasteiger partial charge >= 0.3 is 0 Å². The van der Waals surface area contributed by atoms with Gasteiger partial charge < -0.3 is 15.1 Å². The van der Waals surface area contributed by atoms with Gasteiger partial charge in [-0.3, -0.25) is 0 Å². The van der Waals surface area contributed by atoms with Crippen molar-refractivity contribution in [1.29, 1.82) is 0 Å². The first-order valence-corrected chi connectivity index (χ1v) is 5.71. The largest absolute Gasteiger partial charge is 0.507 e. The number of hydrogen-bond acceptors (Lipinski definition) is 3. The highest BCUT2D eigenvalue weighted by Gasteiger charge is 2.12. The van der Waals surface area contributed by atoms with Gasteiger partial charge in [-0.2, -0.15) is 0 Å². The highest BCUT2D eigenvalue weighted by Crippen LogP contribution is 2.29. The molecule has 0 radical (unpaired) electrons. The summed E-state index contributed by atoms with van der Waals surface area (Å²) in [5.74, 6) is 0.155. The quantitative estimate of drug-likeness (QED) is 0.824. The lowest BCUT2D eigenvalue weighted by Crippen LogP contribution is -2.27. The zero-order valence-corrected chi connectivity index (χ0v) is 10.4. The second-order valence-electron chi connectivity index (χ2n) is 4.29. The first kappa shape index (κ1) is 12.8. The van der Waals surface area contributed by atoms with E-state index in [1.807, 2.05) is 13.1 Å². The van der Waals surface area contributed by atoms with Gasteiger partial charge in [0.15, 0.2) is 0 Å². The van der Waals surface area contributed by atoms with Crippen LogP contribution in [-0.4, -0.2) is 23.3 Å². The van der Waals surface area contributed by atoms with Gasteiger partial charge in [0.05, 0.1) is 6.10 Å². The average Bonchev–Trinajstić information content (AvgIpc) is 2.26. The molecule has 1 rings (SSSR count). The molecule has 1 aromatic rings. The van der Waals surface area contributed by atoms with Crippen LogP contribution in [0.2, 0.25) is 0 Å². The molecule has 90 valence electrons. The summed E-state index contributed by atoms with van der Waals surface area (Å²) in [6, 6.07) is 5.83. The van der Waals surface area contributed by atoms with Gasteiger partial charge in [-0.15, -0.1) is 0 Å². The molecule has 0 aliphatic carbocycles. The molecule has 0 aliphatic rings. The van der Waals surface area contributed by atoms with Crippen molar-refractivity contribution in [2.45, 2.75) is 39.3 Å². The van der Waals surface area contributed by atoms with Crippen LogP contribution in [-0.2, 0) is 0 Å². The van der Waals surface area contributed by atoms with Crippen LogP contribution in [0, 0.1) is 0 Å². The first-order chi connectivity index (χ1) is 7.47. The number of hydrogen-bond donors (Lipinski definition) is 2. The van der Waals surface area contributed by atoms with Crippen molar-refractivity contribution >= 4 is 5.69 Å². The molecule has 0 amide bonds. The summed E-state index contributed by atoms with van der Waals surface area (Å²) in [7, 11) is 2.00. The van der Waals surface area contributed by atoms with Crippen LogP contribution in [0.15, 0.2) is 18.2 Å². The number of phenols is 1. The van der Waals surface area contributed by atoms with E-state index in [2.05, 4.69) is 18.7 Å². The number of nitrogens with zero attached hydrogens (tertiary/aromatic N) is 1. The maximum absolute atomic E-state index is 9.78. The molecule has 0 aromatic heterocycles. The number of aliphatic hydroxyl groups excluding tert-OH is 1. The van der Waals surface area contributed by atoms with E-state index in [-0.39, 0.29) is 5.75 Å². The molecule has 2 unspecified atom stereocenters. The van der Waals surface area contributed by atoms with Gasteiger partial charge in [-0.1, -0.05) is 13.0 Å². The molecule has 0 saturated carbocycles. The maximum Gasteiger partial charge on any atom is 0.123 e. The van der Waals surface area contributed by atoms with Gasteiger partial charge in [0.2, 0.25) is 0 Å². The Morgan fingerprint density at radius 2 is 1.94 bits per heavy atom. The summed E-state index contributed by atoms with van der Waals surface area (Å²) in [6.45, 7) is 5.91. The fourth-order valence-corrected chi connectivity index (χ4v) is 1.63. The van der Waals surface area contributed by atoms with Crippen molar-refractivity contribution in [3.63, 3.8) is 0 Å². The normalized spacial score (nSPS) is 14.6. The third-order valence-electron chi connectivity index (χ3n) is 3.12.